The Bertz CT molecular complexity index is 1210. The van der Waals surface area contributed by atoms with Gasteiger partial charge in [-0.2, -0.15) is 0 Å². The van der Waals surface area contributed by atoms with Gasteiger partial charge in [-0.05, 0) is 55.6 Å². The third kappa shape index (κ3) is 4.61. The lowest BCUT2D eigenvalue weighted by atomic mass is 10.3. The summed E-state index contributed by atoms with van der Waals surface area (Å²) in [6, 6.07) is 12.2. The molecule has 0 atom stereocenters. The predicted octanol–water partition coefficient (Wildman–Crippen LogP) is 4.82. The molecule has 7 nitrogen and oxygen atoms in total. The summed E-state index contributed by atoms with van der Waals surface area (Å²) >= 11 is 3.13. The molecule has 4 rings (SSSR count). The predicted molar refractivity (Wildman–Crippen MR) is 117 cm³/mol. The molecule has 0 bridgehead atoms. The van der Waals surface area contributed by atoms with Crippen molar-refractivity contribution in [2.45, 2.75) is 18.7 Å². The van der Waals surface area contributed by atoms with Gasteiger partial charge in [-0.15, -0.1) is 22.7 Å². The van der Waals surface area contributed by atoms with E-state index in [9.17, 15) is 8.42 Å². The van der Waals surface area contributed by atoms with Crippen molar-refractivity contribution in [2.24, 2.45) is 0 Å². The Morgan fingerprint density at radius 2 is 1.66 bits per heavy atom. The van der Waals surface area contributed by atoms with Crippen molar-refractivity contribution in [1.82, 2.24) is 15.0 Å². The molecule has 0 saturated heterocycles. The minimum atomic E-state index is -3.78. The van der Waals surface area contributed by atoms with Crippen molar-refractivity contribution < 1.29 is 8.42 Å². The molecule has 3 aromatic heterocycles. The maximum atomic E-state index is 12.6. The number of thiophene rings is 1. The normalized spacial score (nSPS) is 11.4. The number of nitrogens with zero attached hydrogens (tertiary/aromatic N) is 3. The van der Waals surface area contributed by atoms with Crippen molar-refractivity contribution in [3.8, 4) is 10.6 Å². The minimum absolute atomic E-state index is 0.0635. The fraction of sp³-hybridized carbons (Fsp3) is 0.105. The van der Waals surface area contributed by atoms with E-state index in [4.69, 9.17) is 0 Å². The fourth-order valence-electron chi connectivity index (χ4n) is 2.66. The number of aromatic nitrogens is 3. The Hall–Kier alpha value is -2.82. The van der Waals surface area contributed by atoms with Crippen LogP contribution in [0.5, 0.6) is 0 Å². The highest BCUT2D eigenvalue weighted by atomic mass is 32.2. The summed E-state index contributed by atoms with van der Waals surface area (Å²) < 4.78 is 27.6. The standard InChI is InChI=1S/C19H17N5O2S3/c1-12-10-13(2)21-18(20-12)24-29(25,26)15-7-5-14(6-8-15)22-19-23-16(11-28-19)17-4-3-9-27-17/h3-11H,1-2H3,(H,22,23)(H,20,21,24). The molecule has 29 heavy (non-hydrogen) atoms. The number of nitrogens with one attached hydrogen (secondary N) is 2. The zero-order valence-electron chi connectivity index (χ0n) is 15.6. The van der Waals surface area contributed by atoms with Gasteiger partial charge in [0.2, 0.25) is 5.95 Å². The van der Waals surface area contributed by atoms with Crippen LogP contribution in [0.15, 0.2) is 58.1 Å². The first-order chi connectivity index (χ1) is 13.9. The molecule has 2 N–H and O–H groups in total. The highest BCUT2D eigenvalue weighted by Crippen LogP contribution is 2.30. The lowest BCUT2D eigenvalue weighted by Crippen LogP contribution is -2.15. The van der Waals surface area contributed by atoms with E-state index in [0.29, 0.717) is 11.4 Å². The second-order valence-electron chi connectivity index (χ2n) is 6.24. The average molecular weight is 444 g/mol. The fourth-order valence-corrected chi connectivity index (χ4v) is 5.10. The second-order valence-corrected chi connectivity index (χ2v) is 9.73. The molecule has 0 unspecified atom stereocenters. The van der Waals surface area contributed by atoms with Crippen molar-refractivity contribution in [1.29, 1.82) is 0 Å². The maximum Gasteiger partial charge on any atom is 0.264 e. The molecule has 148 valence electrons. The summed E-state index contributed by atoms with van der Waals surface area (Å²) in [5, 5.41) is 7.94. The van der Waals surface area contributed by atoms with Crippen molar-refractivity contribution in [3.05, 3.63) is 64.6 Å². The third-order valence-corrected chi connectivity index (χ3v) is 6.90. The molecule has 1 aromatic carbocycles. The summed E-state index contributed by atoms with van der Waals surface area (Å²) in [5.41, 5.74) is 3.06. The zero-order valence-corrected chi connectivity index (χ0v) is 18.0. The van der Waals surface area contributed by atoms with Gasteiger partial charge in [-0.1, -0.05) is 6.07 Å². The van der Waals surface area contributed by atoms with Gasteiger partial charge in [-0.25, -0.2) is 28.1 Å². The number of aryl methyl sites for hydroxylation is 2. The molecule has 0 aliphatic carbocycles. The van der Waals surface area contributed by atoms with Crippen LogP contribution >= 0.6 is 22.7 Å². The molecule has 0 spiro atoms. The number of benzene rings is 1. The van der Waals surface area contributed by atoms with Gasteiger partial charge in [0.25, 0.3) is 10.0 Å². The summed E-state index contributed by atoms with van der Waals surface area (Å²) in [6.45, 7) is 3.57. The van der Waals surface area contributed by atoms with E-state index in [-0.39, 0.29) is 10.8 Å². The Morgan fingerprint density at radius 3 is 2.31 bits per heavy atom. The van der Waals surface area contributed by atoms with Crippen molar-refractivity contribution in [3.63, 3.8) is 0 Å². The van der Waals surface area contributed by atoms with Gasteiger partial charge in [0, 0.05) is 22.5 Å². The maximum absolute atomic E-state index is 12.6. The van der Waals surface area contributed by atoms with Crippen LogP contribution in [0.2, 0.25) is 0 Å². The Morgan fingerprint density at radius 1 is 0.931 bits per heavy atom. The highest BCUT2D eigenvalue weighted by Gasteiger charge is 2.16. The van der Waals surface area contributed by atoms with E-state index < -0.39 is 10.0 Å². The summed E-state index contributed by atoms with van der Waals surface area (Å²) in [5.74, 6) is 0.0635. The van der Waals surface area contributed by atoms with Crippen LogP contribution in [0.3, 0.4) is 0 Å². The Balaban J connectivity index is 1.48. The molecule has 4 aromatic rings. The number of rotatable bonds is 6. The lowest BCUT2D eigenvalue weighted by molar-refractivity contribution is 0.601. The minimum Gasteiger partial charge on any atom is -0.332 e. The van der Waals surface area contributed by atoms with Crippen LogP contribution < -0.4 is 10.0 Å². The Kier molecular flexibility index (Phi) is 5.31. The molecule has 0 aliphatic rings. The van der Waals surface area contributed by atoms with Crippen LogP contribution in [0, 0.1) is 13.8 Å². The van der Waals surface area contributed by atoms with Crippen LogP contribution in [-0.4, -0.2) is 23.4 Å². The van der Waals surface area contributed by atoms with Gasteiger partial charge in [-0.3, -0.25) is 0 Å². The van der Waals surface area contributed by atoms with Gasteiger partial charge in [0.1, 0.15) is 0 Å². The Labute approximate surface area is 176 Å². The van der Waals surface area contributed by atoms with E-state index >= 15 is 0 Å². The van der Waals surface area contributed by atoms with Crippen LogP contribution in [0.25, 0.3) is 10.6 Å². The number of hydrogen-bond donors (Lipinski definition) is 2. The largest absolute Gasteiger partial charge is 0.332 e. The molecule has 0 aliphatic heterocycles. The van der Waals surface area contributed by atoms with E-state index in [2.05, 4.69) is 25.0 Å². The molecule has 0 saturated carbocycles. The first-order valence-corrected chi connectivity index (χ1v) is 11.8. The van der Waals surface area contributed by atoms with E-state index in [1.54, 1.807) is 43.4 Å². The zero-order chi connectivity index (χ0) is 20.4. The second kappa shape index (κ2) is 7.90. The SMILES string of the molecule is Cc1cc(C)nc(NS(=O)(=O)c2ccc(Nc3nc(-c4cccs4)cs3)cc2)n1. The first kappa shape index (κ1) is 19.5. The highest BCUT2D eigenvalue weighted by molar-refractivity contribution is 7.92. The van der Waals surface area contributed by atoms with Crippen LogP contribution in [0.4, 0.5) is 16.8 Å². The molecule has 0 fully saturated rings. The number of hydrogen-bond acceptors (Lipinski definition) is 8. The number of thiazole rings is 1. The molecule has 0 amide bonds. The van der Waals surface area contributed by atoms with Gasteiger partial charge >= 0.3 is 0 Å². The quantitative estimate of drug-likeness (QED) is 0.443. The molecule has 0 radical (unpaired) electrons. The third-order valence-electron chi connectivity index (χ3n) is 3.90. The number of sulfonamides is 1. The monoisotopic (exact) mass is 443 g/mol. The molecule has 10 heteroatoms. The lowest BCUT2D eigenvalue weighted by Gasteiger charge is -2.09. The average Bonchev–Trinajstić information content (AvgIpc) is 3.32. The van der Waals surface area contributed by atoms with Crippen molar-refractivity contribution >= 4 is 49.5 Å². The molecule has 3 heterocycles. The summed E-state index contributed by atoms with van der Waals surface area (Å²) in [6.07, 6.45) is 0. The van der Waals surface area contributed by atoms with E-state index in [1.165, 1.54) is 23.5 Å². The van der Waals surface area contributed by atoms with E-state index in [1.807, 2.05) is 22.9 Å². The topological polar surface area (TPSA) is 96.9 Å². The van der Waals surface area contributed by atoms with Crippen LogP contribution in [-0.2, 0) is 10.0 Å². The smallest absolute Gasteiger partial charge is 0.264 e. The first-order valence-electron chi connectivity index (χ1n) is 8.61. The van der Waals surface area contributed by atoms with Crippen LogP contribution in [0.1, 0.15) is 11.4 Å². The molecular formula is C19H17N5O2S3. The van der Waals surface area contributed by atoms with E-state index in [0.717, 1.165) is 21.4 Å². The van der Waals surface area contributed by atoms with Gasteiger partial charge in [0.15, 0.2) is 5.13 Å². The summed E-state index contributed by atoms with van der Waals surface area (Å²) in [7, 11) is -3.78. The van der Waals surface area contributed by atoms with Crippen molar-refractivity contribution in [2.75, 3.05) is 10.0 Å². The van der Waals surface area contributed by atoms with Gasteiger partial charge in [0.05, 0.1) is 15.5 Å². The molecular weight excluding hydrogens is 426 g/mol. The number of anilines is 3. The summed E-state index contributed by atoms with van der Waals surface area (Å²) in [4.78, 5) is 14.0. The van der Waals surface area contributed by atoms with Gasteiger partial charge < -0.3 is 5.32 Å².